The third kappa shape index (κ3) is 2.78. The van der Waals surface area contributed by atoms with E-state index in [1.165, 1.54) is 0 Å². The van der Waals surface area contributed by atoms with Gasteiger partial charge in [-0.1, -0.05) is 26.0 Å². The van der Waals surface area contributed by atoms with Crippen molar-refractivity contribution < 1.29 is 0 Å². The second kappa shape index (κ2) is 4.94. The zero-order valence-electron chi connectivity index (χ0n) is 7.95. The molecule has 68 valence electrons. The normalized spacial score (nSPS) is 12.1. The van der Waals surface area contributed by atoms with Gasteiger partial charge >= 0.3 is 0 Å². The summed E-state index contributed by atoms with van der Waals surface area (Å²) in [5, 5.41) is 9.42. The van der Waals surface area contributed by atoms with Crippen molar-refractivity contribution >= 4 is 11.8 Å². The molecule has 0 aliphatic rings. The fraction of sp³-hybridized carbons (Fsp3) is 0.364. The Hall–Kier alpha value is -0.940. The predicted octanol–water partition coefficient (Wildman–Crippen LogP) is 3.45. The maximum absolute atomic E-state index is 8.84. The Kier molecular flexibility index (Phi) is 3.85. The number of nitriles is 1. The molecule has 1 unspecified atom stereocenters. The predicted molar refractivity (Wildman–Crippen MR) is 56.8 cm³/mol. The minimum Gasteiger partial charge on any atom is -0.192 e. The molecule has 0 amide bonds. The Labute approximate surface area is 83.8 Å². The van der Waals surface area contributed by atoms with Gasteiger partial charge in [0.1, 0.15) is 6.07 Å². The van der Waals surface area contributed by atoms with Crippen LogP contribution in [0.25, 0.3) is 0 Å². The van der Waals surface area contributed by atoms with Crippen LogP contribution in [0.15, 0.2) is 29.2 Å². The molecule has 0 heterocycles. The Morgan fingerprint density at radius 3 is 2.77 bits per heavy atom. The molecular formula is C11H13NS. The summed E-state index contributed by atoms with van der Waals surface area (Å²) in [5.74, 6) is 0. The smallest absolute Gasteiger partial charge is 0.100 e. The molecule has 0 radical (unpaired) electrons. The quantitative estimate of drug-likeness (QED) is 0.683. The van der Waals surface area contributed by atoms with E-state index in [4.69, 9.17) is 5.26 Å². The summed E-state index contributed by atoms with van der Waals surface area (Å²) < 4.78 is 0. The van der Waals surface area contributed by atoms with Crippen molar-refractivity contribution in [2.75, 3.05) is 0 Å². The Bertz CT molecular complexity index is 314. The van der Waals surface area contributed by atoms with Gasteiger partial charge in [0.25, 0.3) is 0 Å². The van der Waals surface area contributed by atoms with E-state index in [9.17, 15) is 0 Å². The molecule has 1 atom stereocenters. The van der Waals surface area contributed by atoms with Crippen LogP contribution in [0, 0.1) is 11.3 Å². The van der Waals surface area contributed by atoms with E-state index < -0.39 is 0 Å². The van der Waals surface area contributed by atoms with Crippen molar-refractivity contribution in [1.82, 2.24) is 0 Å². The van der Waals surface area contributed by atoms with E-state index in [1.54, 1.807) is 11.8 Å². The summed E-state index contributed by atoms with van der Waals surface area (Å²) in [6.07, 6.45) is 1.13. The molecule has 0 saturated heterocycles. The zero-order chi connectivity index (χ0) is 9.68. The molecule has 0 aromatic heterocycles. The highest BCUT2D eigenvalue weighted by Gasteiger charge is 2.05. The monoisotopic (exact) mass is 191 g/mol. The van der Waals surface area contributed by atoms with Crippen LogP contribution in [0.1, 0.15) is 25.8 Å². The Morgan fingerprint density at radius 1 is 1.46 bits per heavy atom. The molecule has 1 nitrogen and oxygen atoms in total. The number of nitrogens with zero attached hydrogens (tertiary/aromatic N) is 1. The summed E-state index contributed by atoms with van der Waals surface area (Å²) in [7, 11) is 0. The lowest BCUT2D eigenvalue weighted by Crippen LogP contribution is -1.93. The SMILES string of the molecule is CCC(C)Sc1ccccc1C#N. The van der Waals surface area contributed by atoms with E-state index in [1.807, 2.05) is 24.3 Å². The molecule has 0 aliphatic heterocycles. The molecule has 1 aromatic rings. The fourth-order valence-electron chi connectivity index (χ4n) is 0.962. The standard InChI is InChI=1S/C11H13NS/c1-3-9(2)13-11-7-5-4-6-10(11)8-12/h4-7,9H,3H2,1-2H3. The summed E-state index contributed by atoms with van der Waals surface area (Å²) in [5.41, 5.74) is 0.785. The average molecular weight is 191 g/mol. The average Bonchev–Trinajstić information content (AvgIpc) is 2.18. The molecule has 0 aliphatic carbocycles. The van der Waals surface area contributed by atoms with E-state index in [0.717, 1.165) is 16.9 Å². The van der Waals surface area contributed by atoms with Gasteiger partial charge in [-0.2, -0.15) is 5.26 Å². The van der Waals surface area contributed by atoms with Crippen LogP contribution in [0.5, 0.6) is 0 Å². The van der Waals surface area contributed by atoms with Crippen LogP contribution in [0.2, 0.25) is 0 Å². The van der Waals surface area contributed by atoms with E-state index >= 15 is 0 Å². The molecule has 2 heteroatoms. The van der Waals surface area contributed by atoms with Crippen LogP contribution >= 0.6 is 11.8 Å². The number of benzene rings is 1. The summed E-state index contributed by atoms with van der Waals surface area (Å²) >= 11 is 1.77. The summed E-state index contributed by atoms with van der Waals surface area (Å²) in [6.45, 7) is 4.34. The van der Waals surface area contributed by atoms with E-state index in [2.05, 4.69) is 19.9 Å². The van der Waals surface area contributed by atoms with Gasteiger partial charge in [0, 0.05) is 10.1 Å². The van der Waals surface area contributed by atoms with Crippen molar-refractivity contribution in [3.63, 3.8) is 0 Å². The van der Waals surface area contributed by atoms with Crippen molar-refractivity contribution in [3.05, 3.63) is 29.8 Å². The first-order valence-corrected chi connectivity index (χ1v) is 5.31. The van der Waals surface area contributed by atoms with Crippen LogP contribution in [0.3, 0.4) is 0 Å². The lowest BCUT2D eigenvalue weighted by molar-refractivity contribution is 0.905. The molecule has 0 saturated carbocycles. The Balaban J connectivity index is 2.82. The highest BCUT2D eigenvalue weighted by atomic mass is 32.2. The van der Waals surface area contributed by atoms with Crippen molar-refractivity contribution in [3.8, 4) is 6.07 Å². The largest absolute Gasteiger partial charge is 0.192 e. The lowest BCUT2D eigenvalue weighted by Gasteiger charge is -2.08. The van der Waals surface area contributed by atoms with Crippen LogP contribution < -0.4 is 0 Å². The lowest BCUT2D eigenvalue weighted by atomic mass is 10.2. The maximum Gasteiger partial charge on any atom is 0.100 e. The van der Waals surface area contributed by atoms with Crippen molar-refractivity contribution in [2.45, 2.75) is 30.4 Å². The first-order valence-electron chi connectivity index (χ1n) is 4.43. The van der Waals surface area contributed by atoms with E-state index in [-0.39, 0.29) is 0 Å². The van der Waals surface area contributed by atoms with Gasteiger partial charge < -0.3 is 0 Å². The van der Waals surface area contributed by atoms with Gasteiger partial charge in [-0.05, 0) is 18.6 Å². The van der Waals surface area contributed by atoms with Gasteiger partial charge in [0.05, 0.1) is 5.56 Å². The molecule has 0 fully saturated rings. The van der Waals surface area contributed by atoms with Crippen molar-refractivity contribution in [1.29, 1.82) is 5.26 Å². The molecule has 0 spiro atoms. The molecular weight excluding hydrogens is 178 g/mol. The number of hydrogen-bond donors (Lipinski definition) is 0. The minimum absolute atomic E-state index is 0.578. The highest BCUT2D eigenvalue weighted by molar-refractivity contribution is 8.00. The van der Waals surface area contributed by atoms with Crippen LogP contribution in [-0.2, 0) is 0 Å². The number of rotatable bonds is 3. The van der Waals surface area contributed by atoms with Gasteiger partial charge in [-0.3, -0.25) is 0 Å². The molecule has 0 bridgehead atoms. The minimum atomic E-state index is 0.578. The third-order valence-electron chi connectivity index (χ3n) is 1.91. The number of thioether (sulfide) groups is 1. The molecule has 1 rings (SSSR count). The third-order valence-corrected chi connectivity index (χ3v) is 3.26. The van der Waals surface area contributed by atoms with Gasteiger partial charge in [-0.25, -0.2) is 0 Å². The molecule has 0 N–H and O–H groups in total. The molecule has 1 aromatic carbocycles. The van der Waals surface area contributed by atoms with Crippen LogP contribution in [0.4, 0.5) is 0 Å². The van der Waals surface area contributed by atoms with Gasteiger partial charge in [0.15, 0.2) is 0 Å². The van der Waals surface area contributed by atoms with Gasteiger partial charge in [0.2, 0.25) is 0 Å². The van der Waals surface area contributed by atoms with E-state index in [0.29, 0.717) is 5.25 Å². The first kappa shape index (κ1) is 10.1. The Morgan fingerprint density at radius 2 is 2.15 bits per heavy atom. The molecule has 13 heavy (non-hydrogen) atoms. The topological polar surface area (TPSA) is 23.8 Å². The first-order chi connectivity index (χ1) is 6.27. The summed E-state index contributed by atoms with van der Waals surface area (Å²) in [4.78, 5) is 1.10. The van der Waals surface area contributed by atoms with Crippen molar-refractivity contribution in [2.24, 2.45) is 0 Å². The van der Waals surface area contributed by atoms with Gasteiger partial charge in [-0.15, -0.1) is 11.8 Å². The highest BCUT2D eigenvalue weighted by Crippen LogP contribution is 2.27. The zero-order valence-corrected chi connectivity index (χ0v) is 8.77. The number of hydrogen-bond acceptors (Lipinski definition) is 2. The van der Waals surface area contributed by atoms with Crippen LogP contribution in [-0.4, -0.2) is 5.25 Å². The maximum atomic E-state index is 8.84. The second-order valence-corrected chi connectivity index (χ2v) is 4.42. The summed E-state index contributed by atoms with van der Waals surface area (Å²) in [6, 6.07) is 9.96. The fourth-order valence-corrected chi connectivity index (χ4v) is 1.96. The second-order valence-electron chi connectivity index (χ2n) is 2.94.